The standard InChI is InChI=1S/C32H29ClN4O2/c1-2-3-19-36(32(39)26-18-17-23-11-7-8-14-25(23)20-26)22-31(38)34-30-21-28(24-12-5-4-6-13-24)35-37(30)29-16-10-9-15-27(29)33/h4-18,20-21H,2-3,19,22H2,1H3,(H,34,38). The maximum Gasteiger partial charge on any atom is 0.254 e. The van der Waals surface area contributed by atoms with Crippen molar-refractivity contribution in [2.45, 2.75) is 19.8 Å². The summed E-state index contributed by atoms with van der Waals surface area (Å²) in [6.45, 7) is 2.46. The molecule has 7 heteroatoms. The highest BCUT2D eigenvalue weighted by atomic mass is 35.5. The normalized spacial score (nSPS) is 10.9. The molecule has 6 nitrogen and oxygen atoms in total. The molecule has 0 aliphatic carbocycles. The lowest BCUT2D eigenvalue weighted by Crippen LogP contribution is -2.39. The second kappa shape index (κ2) is 12.0. The number of hydrogen-bond donors (Lipinski definition) is 1. The van der Waals surface area contributed by atoms with Crippen LogP contribution in [0.25, 0.3) is 27.7 Å². The van der Waals surface area contributed by atoms with E-state index in [1.807, 2.05) is 97.1 Å². The number of carbonyl (C=O) groups is 2. The number of anilines is 1. The molecular formula is C32H29ClN4O2. The smallest absolute Gasteiger partial charge is 0.254 e. The molecule has 1 heterocycles. The number of rotatable bonds is 9. The minimum atomic E-state index is -0.312. The number of para-hydroxylation sites is 1. The molecule has 0 saturated heterocycles. The van der Waals surface area contributed by atoms with E-state index in [-0.39, 0.29) is 18.4 Å². The van der Waals surface area contributed by atoms with E-state index in [9.17, 15) is 9.59 Å². The molecule has 0 bridgehead atoms. The van der Waals surface area contributed by atoms with Crippen molar-refractivity contribution in [1.29, 1.82) is 0 Å². The van der Waals surface area contributed by atoms with Crippen LogP contribution in [-0.2, 0) is 4.79 Å². The van der Waals surface area contributed by atoms with E-state index in [0.717, 1.165) is 29.2 Å². The highest BCUT2D eigenvalue weighted by Crippen LogP contribution is 2.28. The summed E-state index contributed by atoms with van der Waals surface area (Å²) < 4.78 is 1.63. The fourth-order valence-electron chi connectivity index (χ4n) is 4.49. The Balaban J connectivity index is 1.42. The predicted octanol–water partition coefficient (Wildman–Crippen LogP) is 7.23. The molecule has 0 aliphatic rings. The molecule has 5 rings (SSSR count). The Labute approximate surface area is 232 Å². The SMILES string of the molecule is CCCCN(CC(=O)Nc1cc(-c2ccccc2)nn1-c1ccccc1Cl)C(=O)c1ccc2ccccc2c1. The maximum atomic E-state index is 13.5. The van der Waals surface area contributed by atoms with Crippen LogP contribution in [0.3, 0.4) is 0 Å². The van der Waals surface area contributed by atoms with Gasteiger partial charge in [-0.25, -0.2) is 4.68 Å². The lowest BCUT2D eigenvalue weighted by atomic mass is 10.1. The molecule has 196 valence electrons. The molecule has 0 radical (unpaired) electrons. The first-order valence-corrected chi connectivity index (χ1v) is 13.4. The first-order valence-electron chi connectivity index (χ1n) is 13.0. The number of amides is 2. The Kier molecular flexibility index (Phi) is 8.04. The van der Waals surface area contributed by atoms with Gasteiger partial charge in [-0.15, -0.1) is 0 Å². The molecule has 5 aromatic rings. The topological polar surface area (TPSA) is 67.2 Å². The number of halogens is 1. The zero-order valence-corrected chi connectivity index (χ0v) is 22.4. The highest BCUT2D eigenvalue weighted by Gasteiger charge is 2.21. The van der Waals surface area contributed by atoms with Gasteiger partial charge < -0.3 is 10.2 Å². The Hall–Kier alpha value is -4.42. The molecule has 0 saturated carbocycles. The molecule has 1 N–H and O–H groups in total. The number of nitrogens with zero attached hydrogens (tertiary/aromatic N) is 3. The molecule has 4 aromatic carbocycles. The number of carbonyl (C=O) groups excluding carboxylic acids is 2. The molecule has 0 unspecified atom stereocenters. The van der Waals surface area contributed by atoms with E-state index in [1.165, 1.54) is 0 Å². The first-order chi connectivity index (χ1) is 19.0. The van der Waals surface area contributed by atoms with Gasteiger partial charge in [0.15, 0.2) is 0 Å². The number of benzene rings is 4. The lowest BCUT2D eigenvalue weighted by Gasteiger charge is -2.22. The van der Waals surface area contributed by atoms with Gasteiger partial charge in [0, 0.05) is 23.7 Å². The van der Waals surface area contributed by atoms with E-state index in [0.29, 0.717) is 34.3 Å². The minimum Gasteiger partial charge on any atom is -0.329 e. The molecule has 0 spiro atoms. The number of hydrogen-bond acceptors (Lipinski definition) is 3. The van der Waals surface area contributed by atoms with Crippen LogP contribution in [0, 0.1) is 0 Å². The zero-order valence-electron chi connectivity index (χ0n) is 21.7. The summed E-state index contributed by atoms with van der Waals surface area (Å²) >= 11 is 6.49. The summed E-state index contributed by atoms with van der Waals surface area (Å²) in [5.41, 5.74) is 2.81. The van der Waals surface area contributed by atoms with Crippen molar-refractivity contribution < 1.29 is 9.59 Å². The minimum absolute atomic E-state index is 0.0833. The average molecular weight is 537 g/mol. The molecule has 0 fully saturated rings. The van der Waals surface area contributed by atoms with Crippen molar-refractivity contribution in [3.05, 3.63) is 114 Å². The van der Waals surface area contributed by atoms with Crippen molar-refractivity contribution in [3.63, 3.8) is 0 Å². The van der Waals surface area contributed by atoms with E-state index in [4.69, 9.17) is 16.7 Å². The lowest BCUT2D eigenvalue weighted by molar-refractivity contribution is -0.116. The largest absolute Gasteiger partial charge is 0.329 e. The molecule has 0 aliphatic heterocycles. The Bertz CT molecular complexity index is 1610. The van der Waals surface area contributed by atoms with Crippen LogP contribution in [0.1, 0.15) is 30.1 Å². The highest BCUT2D eigenvalue weighted by molar-refractivity contribution is 6.32. The third-order valence-electron chi connectivity index (χ3n) is 6.53. The summed E-state index contributed by atoms with van der Waals surface area (Å²) in [6.07, 6.45) is 1.70. The van der Waals surface area contributed by atoms with Gasteiger partial charge in [-0.05, 0) is 41.5 Å². The van der Waals surface area contributed by atoms with Crippen molar-refractivity contribution in [3.8, 4) is 16.9 Å². The van der Waals surface area contributed by atoms with Gasteiger partial charge in [-0.1, -0.05) is 97.7 Å². The number of unbranched alkanes of at least 4 members (excludes halogenated alkanes) is 1. The van der Waals surface area contributed by atoms with Gasteiger partial charge >= 0.3 is 0 Å². The second-order valence-corrected chi connectivity index (χ2v) is 9.74. The van der Waals surface area contributed by atoms with E-state index in [2.05, 4.69) is 12.2 Å². The molecular weight excluding hydrogens is 508 g/mol. The van der Waals surface area contributed by atoms with Crippen LogP contribution in [0.5, 0.6) is 0 Å². The number of fused-ring (bicyclic) bond motifs is 1. The fourth-order valence-corrected chi connectivity index (χ4v) is 4.71. The van der Waals surface area contributed by atoms with Gasteiger partial charge in [0.2, 0.25) is 5.91 Å². The third-order valence-corrected chi connectivity index (χ3v) is 6.85. The molecule has 1 aromatic heterocycles. The quantitative estimate of drug-likeness (QED) is 0.216. The Morgan fingerprint density at radius 2 is 1.59 bits per heavy atom. The van der Waals surface area contributed by atoms with Crippen LogP contribution in [-0.4, -0.2) is 39.6 Å². The van der Waals surface area contributed by atoms with Gasteiger partial charge in [0.05, 0.1) is 16.4 Å². The number of aromatic nitrogens is 2. The van der Waals surface area contributed by atoms with Crippen molar-refractivity contribution in [2.24, 2.45) is 0 Å². The molecule has 0 atom stereocenters. The van der Waals surface area contributed by atoms with Crippen molar-refractivity contribution in [2.75, 3.05) is 18.4 Å². The summed E-state index contributed by atoms with van der Waals surface area (Å²) in [6, 6.07) is 32.4. The van der Waals surface area contributed by atoms with Crippen molar-refractivity contribution in [1.82, 2.24) is 14.7 Å². The van der Waals surface area contributed by atoms with Gasteiger partial charge in [-0.3, -0.25) is 9.59 Å². The molecule has 39 heavy (non-hydrogen) atoms. The van der Waals surface area contributed by atoms with E-state index >= 15 is 0 Å². The second-order valence-electron chi connectivity index (χ2n) is 9.33. The van der Waals surface area contributed by atoms with E-state index in [1.54, 1.807) is 15.6 Å². The monoisotopic (exact) mass is 536 g/mol. The van der Waals surface area contributed by atoms with Crippen LogP contribution in [0.4, 0.5) is 5.82 Å². The fraction of sp³-hybridized carbons (Fsp3) is 0.156. The first kappa shape index (κ1) is 26.2. The Morgan fingerprint density at radius 3 is 2.36 bits per heavy atom. The molecule has 2 amide bonds. The summed E-state index contributed by atoms with van der Waals surface area (Å²) in [4.78, 5) is 28.5. The maximum absolute atomic E-state index is 13.5. The van der Waals surface area contributed by atoms with Gasteiger partial charge in [-0.2, -0.15) is 5.10 Å². The van der Waals surface area contributed by atoms with Crippen LogP contribution in [0.2, 0.25) is 5.02 Å². The Morgan fingerprint density at radius 1 is 0.872 bits per heavy atom. The van der Waals surface area contributed by atoms with Gasteiger partial charge in [0.1, 0.15) is 12.4 Å². The summed E-state index contributed by atoms with van der Waals surface area (Å²) in [7, 11) is 0. The summed E-state index contributed by atoms with van der Waals surface area (Å²) in [5, 5.41) is 10.3. The summed E-state index contributed by atoms with van der Waals surface area (Å²) in [5.74, 6) is -0.0115. The predicted molar refractivity (Wildman–Crippen MR) is 157 cm³/mol. The van der Waals surface area contributed by atoms with Crippen molar-refractivity contribution >= 4 is 40.0 Å². The number of nitrogens with one attached hydrogen (secondary N) is 1. The average Bonchev–Trinajstić information content (AvgIpc) is 3.38. The van der Waals surface area contributed by atoms with Gasteiger partial charge in [0.25, 0.3) is 5.91 Å². The zero-order chi connectivity index (χ0) is 27.2. The van der Waals surface area contributed by atoms with Crippen LogP contribution >= 0.6 is 11.6 Å². The van der Waals surface area contributed by atoms with E-state index < -0.39 is 0 Å². The van der Waals surface area contributed by atoms with Crippen LogP contribution < -0.4 is 5.32 Å². The third kappa shape index (κ3) is 6.02. The van der Waals surface area contributed by atoms with Crippen LogP contribution in [0.15, 0.2) is 103 Å².